The third-order valence-electron chi connectivity index (χ3n) is 1.13. The highest BCUT2D eigenvalue weighted by atomic mass is 24.3. The van der Waals surface area contributed by atoms with Crippen molar-refractivity contribution in [2.24, 2.45) is 0 Å². The Hall–Kier alpha value is 0.466. The SMILES string of the molecule is C=CCOCCCCC.[MgH2]. The standard InChI is InChI=1S/C8H16O.Mg.2H/c1-3-5-6-8-9-7-4-2;;;/h4H,2-3,5-8H2,1H3;;;. The summed E-state index contributed by atoms with van der Waals surface area (Å²) in [6.07, 6.45) is 5.50. The monoisotopic (exact) mass is 154 g/mol. The van der Waals surface area contributed by atoms with Crippen LogP contribution in [0.5, 0.6) is 0 Å². The molecule has 0 aromatic carbocycles. The summed E-state index contributed by atoms with van der Waals surface area (Å²) in [5, 5.41) is 0. The van der Waals surface area contributed by atoms with E-state index in [0.29, 0.717) is 6.61 Å². The Labute approximate surface area is 80.0 Å². The summed E-state index contributed by atoms with van der Waals surface area (Å²) in [5.41, 5.74) is 0. The molecule has 0 amide bonds. The number of hydrogen-bond acceptors (Lipinski definition) is 1. The fourth-order valence-corrected chi connectivity index (χ4v) is 0.621. The van der Waals surface area contributed by atoms with Gasteiger partial charge in [-0.2, -0.15) is 0 Å². The predicted octanol–water partition coefficient (Wildman–Crippen LogP) is 1.46. The zero-order chi connectivity index (χ0) is 6.95. The van der Waals surface area contributed by atoms with Crippen molar-refractivity contribution in [2.75, 3.05) is 13.2 Å². The lowest BCUT2D eigenvalue weighted by Gasteiger charge is -1.97. The summed E-state index contributed by atoms with van der Waals surface area (Å²) in [6.45, 7) is 7.33. The second kappa shape index (κ2) is 12.2. The molecule has 0 aromatic rings. The molecule has 1 nitrogen and oxygen atoms in total. The van der Waals surface area contributed by atoms with E-state index in [-0.39, 0.29) is 23.1 Å². The summed E-state index contributed by atoms with van der Waals surface area (Å²) in [4.78, 5) is 0. The van der Waals surface area contributed by atoms with E-state index in [1.54, 1.807) is 6.08 Å². The van der Waals surface area contributed by atoms with Crippen molar-refractivity contribution in [1.82, 2.24) is 0 Å². The van der Waals surface area contributed by atoms with Crippen LogP contribution in [0.3, 0.4) is 0 Å². The molecule has 0 heterocycles. The predicted molar refractivity (Wildman–Crippen MR) is 49.1 cm³/mol. The maximum absolute atomic E-state index is 5.17. The van der Waals surface area contributed by atoms with Gasteiger partial charge in [-0.15, -0.1) is 6.58 Å². The largest absolute Gasteiger partial charge is 0.377 e. The van der Waals surface area contributed by atoms with Crippen LogP contribution in [-0.4, -0.2) is 36.3 Å². The molecular formula is C8H18MgO. The average Bonchev–Trinajstić information content (AvgIpc) is 1.89. The highest BCUT2D eigenvalue weighted by molar-refractivity contribution is 5.75. The fourth-order valence-electron chi connectivity index (χ4n) is 0.621. The van der Waals surface area contributed by atoms with Crippen molar-refractivity contribution in [3.05, 3.63) is 12.7 Å². The summed E-state index contributed by atoms with van der Waals surface area (Å²) in [5.74, 6) is 0. The maximum atomic E-state index is 5.17. The molecule has 0 N–H and O–H groups in total. The van der Waals surface area contributed by atoms with Crippen LogP contribution in [-0.2, 0) is 4.74 Å². The Kier molecular flexibility index (Phi) is 15.9. The van der Waals surface area contributed by atoms with E-state index in [2.05, 4.69) is 13.5 Å². The van der Waals surface area contributed by atoms with Crippen LogP contribution in [0.4, 0.5) is 0 Å². The Balaban J connectivity index is 0. The minimum Gasteiger partial charge on any atom is -0.377 e. The van der Waals surface area contributed by atoms with Crippen LogP contribution in [0, 0.1) is 0 Å². The van der Waals surface area contributed by atoms with Gasteiger partial charge < -0.3 is 4.74 Å². The Morgan fingerprint density at radius 1 is 1.40 bits per heavy atom. The van der Waals surface area contributed by atoms with Gasteiger partial charge in [0.25, 0.3) is 0 Å². The van der Waals surface area contributed by atoms with Crippen LogP contribution < -0.4 is 0 Å². The van der Waals surface area contributed by atoms with Gasteiger partial charge >= 0.3 is 23.1 Å². The first-order valence-corrected chi connectivity index (χ1v) is 3.60. The molecular weight excluding hydrogens is 136 g/mol. The highest BCUT2D eigenvalue weighted by Gasteiger charge is 1.83. The first-order chi connectivity index (χ1) is 4.41. The number of ether oxygens (including phenoxy) is 1. The van der Waals surface area contributed by atoms with Gasteiger partial charge in [0.1, 0.15) is 0 Å². The number of hydrogen-bond donors (Lipinski definition) is 0. The van der Waals surface area contributed by atoms with Gasteiger partial charge in [-0.3, -0.25) is 0 Å². The van der Waals surface area contributed by atoms with Gasteiger partial charge in [-0.25, -0.2) is 0 Å². The Bertz CT molecular complexity index is 64.3. The minimum atomic E-state index is 0. The van der Waals surface area contributed by atoms with Gasteiger partial charge in [0.2, 0.25) is 0 Å². The lowest BCUT2D eigenvalue weighted by Crippen LogP contribution is -1.92. The van der Waals surface area contributed by atoms with Crippen molar-refractivity contribution in [2.45, 2.75) is 26.2 Å². The van der Waals surface area contributed by atoms with Crippen LogP contribution >= 0.6 is 0 Å². The molecule has 0 rings (SSSR count). The van der Waals surface area contributed by atoms with Crippen molar-refractivity contribution < 1.29 is 4.74 Å². The first-order valence-electron chi connectivity index (χ1n) is 3.60. The molecule has 0 aliphatic heterocycles. The number of rotatable bonds is 6. The molecule has 0 aliphatic rings. The van der Waals surface area contributed by atoms with Crippen LogP contribution in [0.15, 0.2) is 12.7 Å². The third-order valence-corrected chi connectivity index (χ3v) is 1.13. The molecule has 0 aliphatic carbocycles. The van der Waals surface area contributed by atoms with E-state index in [4.69, 9.17) is 4.74 Å². The molecule has 58 valence electrons. The number of unbranched alkanes of at least 4 members (excludes halogenated alkanes) is 2. The molecule has 0 bridgehead atoms. The second-order valence-corrected chi connectivity index (χ2v) is 2.07. The van der Waals surface area contributed by atoms with Gasteiger partial charge in [0, 0.05) is 6.61 Å². The zero-order valence-corrected chi connectivity index (χ0v) is 6.23. The Morgan fingerprint density at radius 3 is 2.60 bits per heavy atom. The molecule has 0 unspecified atom stereocenters. The summed E-state index contributed by atoms with van der Waals surface area (Å²) >= 11 is 0. The second-order valence-electron chi connectivity index (χ2n) is 2.07. The minimum absolute atomic E-state index is 0. The Morgan fingerprint density at radius 2 is 2.10 bits per heavy atom. The fraction of sp³-hybridized carbons (Fsp3) is 0.750. The normalized spacial score (nSPS) is 8.50. The van der Waals surface area contributed by atoms with Gasteiger partial charge in [0.15, 0.2) is 0 Å². The van der Waals surface area contributed by atoms with Crippen LogP contribution in [0.2, 0.25) is 0 Å². The zero-order valence-electron chi connectivity index (χ0n) is 6.23. The van der Waals surface area contributed by atoms with Crippen molar-refractivity contribution >= 4 is 23.1 Å². The molecule has 0 atom stereocenters. The molecule has 0 radical (unpaired) electrons. The molecule has 2 heteroatoms. The van der Waals surface area contributed by atoms with E-state index in [1.807, 2.05) is 0 Å². The average molecular weight is 155 g/mol. The van der Waals surface area contributed by atoms with Gasteiger partial charge in [-0.1, -0.05) is 25.8 Å². The third kappa shape index (κ3) is 11.3. The van der Waals surface area contributed by atoms with Crippen molar-refractivity contribution in [1.29, 1.82) is 0 Å². The van der Waals surface area contributed by atoms with Gasteiger partial charge in [-0.05, 0) is 6.42 Å². The summed E-state index contributed by atoms with van der Waals surface area (Å²) < 4.78 is 5.17. The van der Waals surface area contributed by atoms with E-state index in [1.165, 1.54) is 19.3 Å². The lowest BCUT2D eigenvalue weighted by molar-refractivity contribution is 0.158. The molecule has 0 saturated heterocycles. The molecule has 0 saturated carbocycles. The summed E-state index contributed by atoms with van der Waals surface area (Å²) in [6, 6.07) is 0. The van der Waals surface area contributed by atoms with Gasteiger partial charge in [0.05, 0.1) is 6.61 Å². The maximum Gasteiger partial charge on any atom is 0.316 e. The van der Waals surface area contributed by atoms with E-state index in [9.17, 15) is 0 Å². The van der Waals surface area contributed by atoms with E-state index in [0.717, 1.165) is 6.61 Å². The van der Waals surface area contributed by atoms with Crippen LogP contribution in [0.25, 0.3) is 0 Å². The first kappa shape index (κ1) is 13.1. The van der Waals surface area contributed by atoms with Crippen LogP contribution in [0.1, 0.15) is 26.2 Å². The summed E-state index contributed by atoms with van der Waals surface area (Å²) in [7, 11) is 0. The molecule has 0 spiro atoms. The topological polar surface area (TPSA) is 9.23 Å². The lowest BCUT2D eigenvalue weighted by atomic mass is 10.3. The van der Waals surface area contributed by atoms with Crippen molar-refractivity contribution in [3.8, 4) is 0 Å². The smallest absolute Gasteiger partial charge is 0.316 e. The van der Waals surface area contributed by atoms with Crippen molar-refractivity contribution in [3.63, 3.8) is 0 Å². The quantitative estimate of drug-likeness (QED) is 0.320. The molecule has 0 fully saturated rings. The molecule has 10 heavy (non-hydrogen) atoms. The van der Waals surface area contributed by atoms with E-state index >= 15 is 0 Å². The highest BCUT2D eigenvalue weighted by Crippen LogP contribution is 1.93. The molecule has 0 aromatic heterocycles. The van der Waals surface area contributed by atoms with E-state index < -0.39 is 0 Å².